The lowest BCUT2D eigenvalue weighted by Gasteiger charge is -2.33. The van der Waals surface area contributed by atoms with E-state index >= 15 is 0 Å². The third kappa shape index (κ3) is 3.59. The molecule has 0 N–H and O–H groups in total. The van der Waals surface area contributed by atoms with Gasteiger partial charge in [-0.3, -0.25) is 4.79 Å². The molecule has 0 spiro atoms. The van der Waals surface area contributed by atoms with Gasteiger partial charge in [0.1, 0.15) is 6.54 Å². The second-order valence-electron chi connectivity index (χ2n) is 5.69. The van der Waals surface area contributed by atoms with Crippen molar-refractivity contribution >= 4 is 42.8 Å². The summed E-state index contributed by atoms with van der Waals surface area (Å²) >= 11 is 3.45. The molecule has 23 heavy (non-hydrogen) atoms. The molecule has 2 heterocycles. The van der Waals surface area contributed by atoms with Crippen LogP contribution in [0.1, 0.15) is 0 Å². The Morgan fingerprint density at radius 1 is 1.17 bits per heavy atom. The molecule has 124 valence electrons. The Hall–Kier alpha value is -1.38. The van der Waals surface area contributed by atoms with E-state index in [0.717, 1.165) is 15.4 Å². The van der Waals surface area contributed by atoms with Gasteiger partial charge >= 0.3 is 0 Å². The van der Waals surface area contributed by atoms with Crippen LogP contribution in [0, 0.1) is 0 Å². The highest BCUT2D eigenvalue weighted by Crippen LogP contribution is 2.21. The number of nitrogens with zero attached hydrogens (tertiary/aromatic N) is 3. The molecule has 1 aliphatic heterocycles. The highest BCUT2D eigenvalue weighted by atomic mass is 79.9. The van der Waals surface area contributed by atoms with Crippen LogP contribution in [0.5, 0.6) is 0 Å². The maximum Gasteiger partial charge on any atom is 0.242 e. The minimum Gasteiger partial charge on any atom is -0.339 e. The minimum absolute atomic E-state index is 0.00984. The van der Waals surface area contributed by atoms with Crippen molar-refractivity contribution in [3.8, 4) is 0 Å². The standard InChI is InChI=1S/C15H18BrN3O3S/c1-23(21,22)19-8-6-17(7-9-19)15(20)11-18-5-4-12-2-3-13(16)10-14(12)18/h2-5,10H,6-9,11H2,1H3. The zero-order chi connectivity index (χ0) is 16.6. The largest absolute Gasteiger partial charge is 0.339 e. The van der Waals surface area contributed by atoms with Crippen molar-refractivity contribution in [3.63, 3.8) is 0 Å². The number of amides is 1. The number of benzene rings is 1. The second-order valence-corrected chi connectivity index (χ2v) is 8.59. The Morgan fingerprint density at radius 2 is 1.87 bits per heavy atom. The van der Waals surface area contributed by atoms with Gasteiger partial charge in [-0.25, -0.2) is 8.42 Å². The number of hydrogen-bond donors (Lipinski definition) is 0. The average molecular weight is 400 g/mol. The first kappa shape index (κ1) is 16.5. The van der Waals surface area contributed by atoms with Gasteiger partial charge in [0.2, 0.25) is 15.9 Å². The predicted octanol–water partition coefficient (Wildman–Crippen LogP) is 1.51. The average Bonchev–Trinajstić information content (AvgIpc) is 2.89. The third-order valence-electron chi connectivity index (χ3n) is 4.10. The van der Waals surface area contributed by atoms with E-state index in [1.807, 2.05) is 35.0 Å². The lowest BCUT2D eigenvalue weighted by Crippen LogP contribution is -2.50. The number of carbonyl (C=O) groups excluding carboxylic acids is 1. The van der Waals surface area contributed by atoms with Crippen LogP contribution in [0.4, 0.5) is 0 Å². The molecule has 0 saturated carbocycles. The van der Waals surface area contributed by atoms with Crippen LogP contribution in [0.25, 0.3) is 10.9 Å². The molecule has 0 unspecified atom stereocenters. The summed E-state index contributed by atoms with van der Waals surface area (Å²) in [6.45, 7) is 1.87. The molecule has 0 aliphatic carbocycles. The van der Waals surface area contributed by atoms with Crippen molar-refractivity contribution in [2.45, 2.75) is 6.54 Å². The Morgan fingerprint density at radius 3 is 2.52 bits per heavy atom. The molecular weight excluding hydrogens is 382 g/mol. The van der Waals surface area contributed by atoms with Crippen molar-refractivity contribution in [1.29, 1.82) is 0 Å². The molecule has 1 fully saturated rings. The van der Waals surface area contributed by atoms with Gasteiger partial charge in [0.15, 0.2) is 0 Å². The van der Waals surface area contributed by atoms with Gasteiger partial charge in [-0.15, -0.1) is 0 Å². The van der Waals surface area contributed by atoms with Gasteiger partial charge in [0, 0.05) is 42.4 Å². The maximum atomic E-state index is 12.5. The van der Waals surface area contributed by atoms with Gasteiger partial charge in [-0.2, -0.15) is 4.31 Å². The smallest absolute Gasteiger partial charge is 0.242 e. The van der Waals surface area contributed by atoms with Crippen LogP contribution in [0.2, 0.25) is 0 Å². The van der Waals surface area contributed by atoms with Crippen LogP contribution in [0.15, 0.2) is 34.9 Å². The topological polar surface area (TPSA) is 62.6 Å². The van der Waals surface area contributed by atoms with E-state index < -0.39 is 10.0 Å². The highest BCUT2D eigenvalue weighted by Gasteiger charge is 2.26. The lowest BCUT2D eigenvalue weighted by atomic mass is 10.2. The normalized spacial score (nSPS) is 16.9. The summed E-state index contributed by atoms with van der Waals surface area (Å²) in [6, 6.07) is 7.95. The predicted molar refractivity (Wildman–Crippen MR) is 92.6 cm³/mol. The summed E-state index contributed by atoms with van der Waals surface area (Å²) in [5.74, 6) is 0.00984. The quantitative estimate of drug-likeness (QED) is 0.785. The summed E-state index contributed by atoms with van der Waals surface area (Å²) in [7, 11) is -3.17. The van der Waals surface area contributed by atoms with Crippen molar-refractivity contribution in [3.05, 3.63) is 34.9 Å². The summed E-state index contributed by atoms with van der Waals surface area (Å²) in [4.78, 5) is 14.2. The molecule has 1 aromatic heterocycles. The molecule has 1 amide bonds. The fourth-order valence-electron chi connectivity index (χ4n) is 2.81. The Bertz CT molecular complexity index is 839. The van der Waals surface area contributed by atoms with E-state index in [2.05, 4.69) is 15.9 Å². The van der Waals surface area contributed by atoms with E-state index in [1.165, 1.54) is 10.6 Å². The lowest BCUT2D eigenvalue weighted by molar-refractivity contribution is -0.132. The van der Waals surface area contributed by atoms with Crippen molar-refractivity contribution in [1.82, 2.24) is 13.8 Å². The van der Waals surface area contributed by atoms with Crippen molar-refractivity contribution < 1.29 is 13.2 Å². The molecule has 0 radical (unpaired) electrons. The molecule has 1 aromatic carbocycles. The summed E-state index contributed by atoms with van der Waals surface area (Å²) < 4.78 is 27.3. The number of aromatic nitrogens is 1. The Labute approximate surface area is 143 Å². The number of piperazine rings is 1. The molecule has 1 aliphatic rings. The summed E-state index contributed by atoms with van der Waals surface area (Å²) in [5.41, 5.74) is 1.00. The van der Waals surface area contributed by atoms with Crippen LogP contribution in [0.3, 0.4) is 0 Å². The van der Waals surface area contributed by atoms with Crippen LogP contribution < -0.4 is 0 Å². The molecular formula is C15H18BrN3O3S. The van der Waals surface area contributed by atoms with Crippen LogP contribution in [-0.4, -0.2) is 60.5 Å². The van der Waals surface area contributed by atoms with Crippen molar-refractivity contribution in [2.75, 3.05) is 32.4 Å². The van der Waals surface area contributed by atoms with E-state index in [-0.39, 0.29) is 12.5 Å². The number of halogens is 1. The SMILES string of the molecule is CS(=O)(=O)N1CCN(C(=O)Cn2ccc3ccc(Br)cc32)CC1. The van der Waals surface area contributed by atoms with Gasteiger partial charge < -0.3 is 9.47 Å². The summed E-state index contributed by atoms with van der Waals surface area (Å²) in [6.07, 6.45) is 3.11. The van der Waals surface area contributed by atoms with Gasteiger partial charge in [-0.05, 0) is 23.6 Å². The monoisotopic (exact) mass is 399 g/mol. The molecule has 2 aromatic rings. The number of fused-ring (bicyclic) bond motifs is 1. The molecule has 1 saturated heterocycles. The van der Waals surface area contributed by atoms with E-state index in [4.69, 9.17) is 0 Å². The van der Waals surface area contributed by atoms with Gasteiger partial charge in [-0.1, -0.05) is 22.0 Å². The first-order valence-electron chi connectivity index (χ1n) is 7.32. The Balaban J connectivity index is 1.69. The maximum absolute atomic E-state index is 12.5. The van der Waals surface area contributed by atoms with Gasteiger partial charge in [0.05, 0.1) is 6.26 Å². The van der Waals surface area contributed by atoms with Gasteiger partial charge in [0.25, 0.3) is 0 Å². The third-order valence-corrected chi connectivity index (χ3v) is 5.90. The minimum atomic E-state index is -3.17. The van der Waals surface area contributed by atoms with E-state index in [1.54, 1.807) is 4.90 Å². The molecule has 8 heteroatoms. The number of sulfonamides is 1. The number of carbonyl (C=O) groups is 1. The molecule has 6 nitrogen and oxygen atoms in total. The Kier molecular flexibility index (Phi) is 4.48. The number of hydrogen-bond acceptors (Lipinski definition) is 3. The van der Waals surface area contributed by atoms with Crippen LogP contribution >= 0.6 is 15.9 Å². The fraction of sp³-hybridized carbons (Fsp3) is 0.400. The first-order chi connectivity index (χ1) is 10.8. The molecule has 0 atom stereocenters. The zero-order valence-corrected chi connectivity index (χ0v) is 15.2. The summed E-state index contributed by atoms with van der Waals surface area (Å²) in [5, 5.41) is 1.09. The number of rotatable bonds is 3. The fourth-order valence-corrected chi connectivity index (χ4v) is 3.99. The highest BCUT2D eigenvalue weighted by molar-refractivity contribution is 9.10. The van der Waals surface area contributed by atoms with E-state index in [9.17, 15) is 13.2 Å². The first-order valence-corrected chi connectivity index (χ1v) is 9.96. The van der Waals surface area contributed by atoms with Crippen molar-refractivity contribution in [2.24, 2.45) is 0 Å². The molecule has 0 bridgehead atoms. The zero-order valence-electron chi connectivity index (χ0n) is 12.8. The second kappa shape index (κ2) is 6.26. The van der Waals surface area contributed by atoms with E-state index in [0.29, 0.717) is 26.2 Å². The van der Waals surface area contributed by atoms with Crippen LogP contribution in [-0.2, 0) is 21.4 Å². The molecule has 3 rings (SSSR count).